The monoisotopic (exact) mass is 283 g/mol. The minimum atomic E-state index is -0.892. The summed E-state index contributed by atoms with van der Waals surface area (Å²) in [5.41, 5.74) is -0.0169. The van der Waals surface area contributed by atoms with Crippen LogP contribution in [0.2, 0.25) is 0 Å². The Morgan fingerprint density at radius 3 is 2.33 bits per heavy atom. The number of ether oxygens (including phenoxy) is 1. The highest BCUT2D eigenvalue weighted by Crippen LogP contribution is 2.32. The van der Waals surface area contributed by atoms with Gasteiger partial charge in [-0.1, -0.05) is 42.5 Å². The van der Waals surface area contributed by atoms with E-state index in [4.69, 9.17) is 17.0 Å². The quantitative estimate of drug-likeness (QED) is 0.796. The van der Waals surface area contributed by atoms with Gasteiger partial charge in [0.25, 0.3) is 0 Å². The molecule has 0 heterocycles. The van der Waals surface area contributed by atoms with Crippen molar-refractivity contribution in [1.29, 1.82) is 0 Å². The lowest BCUT2D eigenvalue weighted by Crippen LogP contribution is -2.38. The van der Waals surface area contributed by atoms with Crippen LogP contribution in [0.5, 0.6) is 0 Å². The first-order chi connectivity index (χ1) is 8.41. The summed E-state index contributed by atoms with van der Waals surface area (Å²) in [6, 6.07) is 9.54. The van der Waals surface area contributed by atoms with Crippen molar-refractivity contribution in [3.05, 3.63) is 35.9 Å². The molecule has 98 valence electrons. The van der Waals surface area contributed by atoms with E-state index < -0.39 is 11.7 Å². The summed E-state index contributed by atoms with van der Waals surface area (Å²) in [6.45, 7) is 1.82. The summed E-state index contributed by atoms with van der Waals surface area (Å²) in [4.78, 5) is 13.2. The van der Waals surface area contributed by atoms with Crippen molar-refractivity contribution in [2.75, 3.05) is 20.4 Å². The van der Waals surface area contributed by atoms with E-state index in [0.29, 0.717) is 4.20 Å². The molecule has 5 heteroatoms. The normalized spacial score (nSPS) is 13.6. The van der Waals surface area contributed by atoms with Gasteiger partial charge in [-0.2, -0.15) is 0 Å². The number of amides is 1. The molecule has 0 fully saturated rings. The summed E-state index contributed by atoms with van der Waals surface area (Å²) in [5, 5.41) is 0. The second-order valence-electron chi connectivity index (χ2n) is 4.15. The van der Waals surface area contributed by atoms with Crippen LogP contribution in [0.15, 0.2) is 30.3 Å². The molecule has 18 heavy (non-hydrogen) atoms. The summed E-state index contributed by atoms with van der Waals surface area (Å²) in [5.74, 6) is 0. The number of thiocarbonyl (C=S) groups is 1. The number of hydrogen-bond acceptors (Lipinski definition) is 4. The summed E-state index contributed by atoms with van der Waals surface area (Å²) in [6.07, 6.45) is 1.48. The van der Waals surface area contributed by atoms with E-state index in [-0.39, 0.29) is 0 Å². The Hall–Kier alpha value is -1.07. The second-order valence-corrected chi connectivity index (χ2v) is 5.64. The van der Waals surface area contributed by atoms with Gasteiger partial charge in [0.15, 0.2) is 5.60 Å². The average Bonchev–Trinajstić information content (AvgIpc) is 2.38. The molecular weight excluding hydrogens is 266 g/mol. The van der Waals surface area contributed by atoms with E-state index in [1.165, 1.54) is 16.7 Å². The third kappa shape index (κ3) is 3.23. The lowest BCUT2D eigenvalue weighted by molar-refractivity contribution is 0.0535. The molecule has 0 spiro atoms. The SMILES string of the molecule is CSC(=S)C(C)(OC(=O)N(C)C)c1ccccc1. The predicted octanol–water partition coefficient (Wildman–Crippen LogP) is 3.29. The van der Waals surface area contributed by atoms with E-state index in [9.17, 15) is 4.79 Å². The predicted molar refractivity (Wildman–Crippen MR) is 80.1 cm³/mol. The van der Waals surface area contributed by atoms with Crippen LogP contribution in [0.4, 0.5) is 4.79 Å². The maximum atomic E-state index is 11.8. The zero-order chi connectivity index (χ0) is 13.8. The van der Waals surface area contributed by atoms with Gasteiger partial charge >= 0.3 is 6.09 Å². The van der Waals surface area contributed by atoms with Crippen molar-refractivity contribution >= 4 is 34.3 Å². The molecule has 1 aromatic carbocycles. The molecule has 1 aromatic rings. The lowest BCUT2D eigenvalue weighted by Gasteiger charge is -2.31. The van der Waals surface area contributed by atoms with Crippen LogP contribution < -0.4 is 0 Å². The molecule has 0 saturated carbocycles. The first kappa shape index (κ1) is 15.0. The van der Waals surface area contributed by atoms with Crippen molar-refractivity contribution < 1.29 is 9.53 Å². The zero-order valence-corrected chi connectivity index (χ0v) is 12.6. The zero-order valence-electron chi connectivity index (χ0n) is 11.0. The van der Waals surface area contributed by atoms with Crippen LogP contribution in [0, 0.1) is 0 Å². The van der Waals surface area contributed by atoms with Crippen LogP contribution >= 0.6 is 24.0 Å². The van der Waals surface area contributed by atoms with Crippen molar-refractivity contribution in [3.8, 4) is 0 Å². The summed E-state index contributed by atoms with van der Waals surface area (Å²) >= 11 is 6.76. The second kappa shape index (κ2) is 6.20. The smallest absolute Gasteiger partial charge is 0.410 e. The van der Waals surface area contributed by atoms with Crippen LogP contribution in [0.25, 0.3) is 0 Å². The Bertz CT molecular complexity index is 434. The van der Waals surface area contributed by atoms with E-state index in [0.717, 1.165) is 5.56 Å². The standard InChI is InChI=1S/C13H17NO2S2/c1-13(11(17)18-4,16-12(15)14(2)3)10-8-6-5-7-9-10/h5-9H,1-4H3. The van der Waals surface area contributed by atoms with E-state index in [2.05, 4.69) is 0 Å². The van der Waals surface area contributed by atoms with Crippen molar-refractivity contribution in [2.24, 2.45) is 0 Å². The van der Waals surface area contributed by atoms with Gasteiger partial charge in [0.05, 0.1) is 4.20 Å². The molecular formula is C13H17NO2S2. The Kier molecular flexibility index (Phi) is 5.16. The Morgan fingerprint density at radius 2 is 1.89 bits per heavy atom. The Balaban J connectivity index is 3.12. The van der Waals surface area contributed by atoms with Gasteiger partial charge in [0.1, 0.15) is 0 Å². The van der Waals surface area contributed by atoms with Crippen LogP contribution in [0.3, 0.4) is 0 Å². The van der Waals surface area contributed by atoms with Crippen molar-refractivity contribution in [2.45, 2.75) is 12.5 Å². The fraction of sp³-hybridized carbons (Fsp3) is 0.385. The number of carbonyl (C=O) groups is 1. The molecule has 0 radical (unpaired) electrons. The van der Waals surface area contributed by atoms with Crippen molar-refractivity contribution in [3.63, 3.8) is 0 Å². The van der Waals surface area contributed by atoms with Crippen LogP contribution in [-0.2, 0) is 10.3 Å². The molecule has 1 rings (SSSR count). The molecule has 0 aliphatic rings. The van der Waals surface area contributed by atoms with Gasteiger partial charge in [-0.15, -0.1) is 11.8 Å². The Labute approximate surface area is 118 Å². The number of hydrogen-bond donors (Lipinski definition) is 0. The summed E-state index contributed by atoms with van der Waals surface area (Å²) < 4.78 is 6.19. The number of thioether (sulfide) groups is 1. The first-order valence-electron chi connectivity index (χ1n) is 5.46. The molecule has 0 aliphatic heterocycles. The third-order valence-electron chi connectivity index (χ3n) is 2.56. The molecule has 1 amide bonds. The maximum absolute atomic E-state index is 11.8. The summed E-state index contributed by atoms with van der Waals surface area (Å²) in [7, 11) is 3.30. The molecule has 0 aromatic heterocycles. The van der Waals surface area contributed by atoms with E-state index in [1.54, 1.807) is 14.1 Å². The van der Waals surface area contributed by atoms with Crippen LogP contribution in [0.1, 0.15) is 12.5 Å². The molecule has 3 nitrogen and oxygen atoms in total. The van der Waals surface area contributed by atoms with Gasteiger partial charge in [0.2, 0.25) is 0 Å². The average molecular weight is 283 g/mol. The molecule has 0 bridgehead atoms. The fourth-order valence-corrected chi connectivity index (χ4v) is 2.14. The highest BCUT2D eigenvalue weighted by Gasteiger charge is 2.36. The topological polar surface area (TPSA) is 29.5 Å². The maximum Gasteiger partial charge on any atom is 0.410 e. The minimum absolute atomic E-state index is 0.405. The number of carbonyl (C=O) groups excluding carboxylic acids is 1. The van der Waals surface area contributed by atoms with E-state index in [1.807, 2.05) is 43.5 Å². The fourth-order valence-electron chi connectivity index (χ4n) is 1.44. The Morgan fingerprint density at radius 1 is 1.33 bits per heavy atom. The van der Waals surface area contributed by atoms with Gasteiger partial charge in [-0.3, -0.25) is 0 Å². The molecule has 1 unspecified atom stereocenters. The molecule has 0 saturated heterocycles. The highest BCUT2D eigenvalue weighted by molar-refractivity contribution is 8.22. The van der Waals surface area contributed by atoms with E-state index >= 15 is 0 Å². The van der Waals surface area contributed by atoms with Gasteiger partial charge < -0.3 is 9.64 Å². The highest BCUT2D eigenvalue weighted by atomic mass is 32.2. The van der Waals surface area contributed by atoms with Crippen LogP contribution in [-0.4, -0.2) is 35.5 Å². The third-order valence-corrected chi connectivity index (χ3v) is 4.21. The van der Waals surface area contributed by atoms with Crippen molar-refractivity contribution in [1.82, 2.24) is 4.90 Å². The van der Waals surface area contributed by atoms with Gasteiger partial charge in [-0.05, 0) is 13.2 Å². The molecule has 1 atom stereocenters. The number of rotatable bonds is 3. The largest absolute Gasteiger partial charge is 0.432 e. The minimum Gasteiger partial charge on any atom is -0.432 e. The molecule has 0 N–H and O–H groups in total. The first-order valence-corrected chi connectivity index (χ1v) is 7.09. The lowest BCUT2D eigenvalue weighted by atomic mass is 9.98. The van der Waals surface area contributed by atoms with Gasteiger partial charge in [-0.25, -0.2) is 4.79 Å². The number of nitrogens with zero attached hydrogens (tertiary/aromatic N) is 1. The molecule has 0 aliphatic carbocycles. The number of benzene rings is 1. The van der Waals surface area contributed by atoms with Gasteiger partial charge in [0, 0.05) is 19.7 Å².